The molecule has 1 fully saturated rings. The minimum absolute atomic E-state index is 0.0490. The van der Waals surface area contributed by atoms with Gasteiger partial charge in [-0.2, -0.15) is 0 Å². The van der Waals surface area contributed by atoms with Crippen LogP contribution in [-0.2, 0) is 11.2 Å². The van der Waals surface area contributed by atoms with Crippen LogP contribution in [0.15, 0.2) is 29.6 Å². The predicted octanol–water partition coefficient (Wildman–Crippen LogP) is 3.53. The van der Waals surface area contributed by atoms with Crippen molar-refractivity contribution >= 4 is 28.8 Å². The first kappa shape index (κ1) is 13.6. The fourth-order valence-electron chi connectivity index (χ4n) is 1.95. The van der Waals surface area contributed by atoms with E-state index in [9.17, 15) is 4.79 Å². The average molecular weight is 307 g/mol. The molecule has 1 amide bonds. The Balaban J connectivity index is 1.64. The number of benzene rings is 1. The number of amides is 1. The second-order valence-corrected chi connectivity index (χ2v) is 6.31. The van der Waals surface area contributed by atoms with E-state index in [1.165, 1.54) is 24.2 Å². The van der Waals surface area contributed by atoms with Crippen molar-refractivity contribution < 1.29 is 4.79 Å². The SMILES string of the molecule is O=C(Cc1csc(-c2ccccc2Cl)n1)NCC1CC1. The van der Waals surface area contributed by atoms with Crippen LogP contribution in [0.1, 0.15) is 18.5 Å². The molecule has 0 unspecified atom stereocenters. The molecule has 5 heteroatoms. The Hall–Kier alpha value is -1.39. The van der Waals surface area contributed by atoms with E-state index in [0.717, 1.165) is 22.8 Å². The topological polar surface area (TPSA) is 42.0 Å². The monoisotopic (exact) mass is 306 g/mol. The van der Waals surface area contributed by atoms with Gasteiger partial charge in [0.15, 0.2) is 0 Å². The number of nitrogens with zero attached hydrogens (tertiary/aromatic N) is 1. The number of hydrogen-bond donors (Lipinski definition) is 1. The highest BCUT2D eigenvalue weighted by atomic mass is 35.5. The Bertz CT molecular complexity index is 622. The van der Waals surface area contributed by atoms with Crippen LogP contribution in [0.3, 0.4) is 0 Å². The Kier molecular flexibility index (Phi) is 4.03. The second-order valence-electron chi connectivity index (χ2n) is 5.05. The van der Waals surface area contributed by atoms with Gasteiger partial charge in [0.25, 0.3) is 0 Å². The minimum Gasteiger partial charge on any atom is -0.355 e. The molecular formula is C15H15ClN2OS. The first-order valence-electron chi connectivity index (χ1n) is 6.68. The van der Waals surface area contributed by atoms with Gasteiger partial charge in [-0.05, 0) is 24.8 Å². The summed E-state index contributed by atoms with van der Waals surface area (Å²) in [5, 5.41) is 6.43. The van der Waals surface area contributed by atoms with E-state index >= 15 is 0 Å². The first-order valence-corrected chi connectivity index (χ1v) is 7.94. The number of rotatable bonds is 5. The molecule has 1 N–H and O–H groups in total. The van der Waals surface area contributed by atoms with Crippen molar-refractivity contribution in [1.29, 1.82) is 0 Å². The van der Waals surface area contributed by atoms with Crippen molar-refractivity contribution in [3.8, 4) is 10.6 Å². The zero-order chi connectivity index (χ0) is 13.9. The van der Waals surface area contributed by atoms with Gasteiger partial charge < -0.3 is 5.32 Å². The maximum atomic E-state index is 11.8. The molecule has 1 aliphatic rings. The summed E-state index contributed by atoms with van der Waals surface area (Å²) in [7, 11) is 0. The maximum Gasteiger partial charge on any atom is 0.226 e. The number of hydrogen-bond acceptors (Lipinski definition) is 3. The largest absolute Gasteiger partial charge is 0.355 e. The summed E-state index contributed by atoms with van der Waals surface area (Å²) in [6.07, 6.45) is 2.83. The van der Waals surface area contributed by atoms with E-state index in [-0.39, 0.29) is 5.91 Å². The van der Waals surface area contributed by atoms with Crippen LogP contribution >= 0.6 is 22.9 Å². The number of carbonyl (C=O) groups is 1. The molecule has 20 heavy (non-hydrogen) atoms. The van der Waals surface area contributed by atoms with E-state index in [2.05, 4.69) is 10.3 Å². The van der Waals surface area contributed by atoms with Crippen LogP contribution in [-0.4, -0.2) is 17.4 Å². The summed E-state index contributed by atoms with van der Waals surface area (Å²) in [5.74, 6) is 0.751. The molecule has 1 saturated carbocycles. The van der Waals surface area contributed by atoms with Crippen molar-refractivity contribution in [2.45, 2.75) is 19.3 Å². The summed E-state index contributed by atoms with van der Waals surface area (Å²) < 4.78 is 0. The zero-order valence-electron chi connectivity index (χ0n) is 10.9. The standard InChI is InChI=1S/C15H15ClN2OS/c16-13-4-2-1-3-12(13)15-18-11(9-20-15)7-14(19)17-8-10-5-6-10/h1-4,9-10H,5-8H2,(H,17,19). The summed E-state index contributed by atoms with van der Waals surface area (Å²) in [6.45, 7) is 0.806. The molecule has 3 nitrogen and oxygen atoms in total. The van der Waals surface area contributed by atoms with Crippen LogP contribution in [0.25, 0.3) is 10.6 Å². The second kappa shape index (κ2) is 5.94. The molecule has 0 atom stereocenters. The van der Waals surface area contributed by atoms with Gasteiger partial charge in [0, 0.05) is 17.5 Å². The van der Waals surface area contributed by atoms with E-state index in [1.54, 1.807) is 0 Å². The third-order valence-electron chi connectivity index (χ3n) is 3.28. The summed E-state index contributed by atoms with van der Waals surface area (Å²) >= 11 is 7.67. The molecule has 1 heterocycles. The van der Waals surface area contributed by atoms with Crippen LogP contribution in [0.5, 0.6) is 0 Å². The Morgan fingerprint density at radius 3 is 2.95 bits per heavy atom. The number of aromatic nitrogens is 1. The van der Waals surface area contributed by atoms with Crippen LogP contribution in [0.2, 0.25) is 5.02 Å². The summed E-state index contributed by atoms with van der Waals surface area (Å²) in [5.41, 5.74) is 1.72. The van der Waals surface area contributed by atoms with Crippen LogP contribution in [0.4, 0.5) is 0 Å². The third-order valence-corrected chi connectivity index (χ3v) is 4.54. The van der Waals surface area contributed by atoms with Gasteiger partial charge in [-0.1, -0.05) is 29.8 Å². The molecule has 1 aromatic carbocycles. The average Bonchev–Trinajstić information content (AvgIpc) is 3.16. The molecule has 1 aliphatic carbocycles. The smallest absolute Gasteiger partial charge is 0.226 e. The quantitative estimate of drug-likeness (QED) is 0.918. The van der Waals surface area contributed by atoms with Crippen LogP contribution < -0.4 is 5.32 Å². The molecule has 1 aromatic heterocycles. The first-order chi connectivity index (χ1) is 9.72. The van der Waals surface area contributed by atoms with Crippen molar-refractivity contribution in [1.82, 2.24) is 10.3 Å². The van der Waals surface area contributed by atoms with Crippen molar-refractivity contribution in [3.05, 3.63) is 40.4 Å². The molecule has 0 aliphatic heterocycles. The van der Waals surface area contributed by atoms with Gasteiger partial charge in [0.2, 0.25) is 5.91 Å². The lowest BCUT2D eigenvalue weighted by atomic mass is 10.2. The van der Waals surface area contributed by atoms with Gasteiger partial charge >= 0.3 is 0 Å². The fraction of sp³-hybridized carbons (Fsp3) is 0.333. The number of carbonyl (C=O) groups excluding carboxylic acids is 1. The Morgan fingerprint density at radius 2 is 2.20 bits per heavy atom. The van der Waals surface area contributed by atoms with Crippen LogP contribution in [0, 0.1) is 5.92 Å². The van der Waals surface area contributed by atoms with Crippen molar-refractivity contribution in [2.24, 2.45) is 5.92 Å². The normalized spacial score (nSPS) is 14.2. The predicted molar refractivity (Wildman–Crippen MR) is 82.0 cm³/mol. The van der Waals surface area contributed by atoms with Crippen molar-refractivity contribution in [2.75, 3.05) is 6.54 Å². The lowest BCUT2D eigenvalue weighted by molar-refractivity contribution is -0.120. The number of nitrogens with one attached hydrogen (secondary N) is 1. The molecule has 0 bridgehead atoms. The van der Waals surface area contributed by atoms with E-state index < -0.39 is 0 Å². The van der Waals surface area contributed by atoms with Gasteiger partial charge in [-0.15, -0.1) is 11.3 Å². The molecular weight excluding hydrogens is 292 g/mol. The maximum absolute atomic E-state index is 11.8. The zero-order valence-corrected chi connectivity index (χ0v) is 12.5. The molecule has 3 rings (SSSR count). The molecule has 0 saturated heterocycles. The highest BCUT2D eigenvalue weighted by Crippen LogP contribution is 2.30. The molecule has 0 radical (unpaired) electrons. The van der Waals surface area contributed by atoms with Gasteiger partial charge in [0.05, 0.1) is 17.1 Å². The highest BCUT2D eigenvalue weighted by Gasteiger charge is 2.21. The lowest BCUT2D eigenvalue weighted by Gasteiger charge is -2.02. The van der Waals surface area contributed by atoms with Crippen molar-refractivity contribution in [3.63, 3.8) is 0 Å². The summed E-state index contributed by atoms with van der Waals surface area (Å²) in [6, 6.07) is 7.62. The number of halogens is 1. The molecule has 0 spiro atoms. The van der Waals surface area contributed by atoms with Gasteiger partial charge in [-0.25, -0.2) is 4.98 Å². The number of thiazole rings is 1. The van der Waals surface area contributed by atoms with E-state index in [0.29, 0.717) is 17.4 Å². The lowest BCUT2D eigenvalue weighted by Crippen LogP contribution is -2.27. The summed E-state index contributed by atoms with van der Waals surface area (Å²) in [4.78, 5) is 16.3. The van der Waals surface area contributed by atoms with E-state index in [1.807, 2.05) is 29.6 Å². The van der Waals surface area contributed by atoms with E-state index in [4.69, 9.17) is 11.6 Å². The third kappa shape index (κ3) is 3.38. The minimum atomic E-state index is 0.0490. The van der Waals surface area contributed by atoms with Gasteiger partial charge in [0.1, 0.15) is 5.01 Å². The molecule has 104 valence electrons. The highest BCUT2D eigenvalue weighted by molar-refractivity contribution is 7.13. The van der Waals surface area contributed by atoms with Gasteiger partial charge in [-0.3, -0.25) is 4.79 Å². The Morgan fingerprint density at radius 1 is 1.40 bits per heavy atom. The fourth-order valence-corrected chi connectivity index (χ4v) is 3.09. The Labute approximate surface area is 127 Å². The molecule has 2 aromatic rings.